The molecule has 0 spiro atoms. The standard InChI is InChI=1S/C11H13NO2/c1-6-3-4-9-8(7(6)2)5-10(12-9)11(13)14/h3-4,10,12H,5H2,1-2H3,(H,13,14). The maximum absolute atomic E-state index is 10.8. The summed E-state index contributed by atoms with van der Waals surface area (Å²) in [7, 11) is 0. The van der Waals surface area contributed by atoms with E-state index in [2.05, 4.69) is 5.32 Å². The summed E-state index contributed by atoms with van der Waals surface area (Å²) in [6.07, 6.45) is 0.595. The SMILES string of the molecule is Cc1ccc2c(c1C)CC(C(=O)O)N2. The largest absolute Gasteiger partial charge is 0.480 e. The zero-order valence-electron chi connectivity index (χ0n) is 8.29. The molecule has 1 heterocycles. The summed E-state index contributed by atoms with van der Waals surface area (Å²) in [5.74, 6) is -0.779. The fourth-order valence-corrected chi connectivity index (χ4v) is 1.86. The van der Waals surface area contributed by atoms with Crippen molar-refractivity contribution >= 4 is 11.7 Å². The quantitative estimate of drug-likeness (QED) is 0.710. The van der Waals surface area contributed by atoms with Crippen LogP contribution in [0.4, 0.5) is 5.69 Å². The van der Waals surface area contributed by atoms with E-state index in [1.54, 1.807) is 0 Å². The Hall–Kier alpha value is -1.51. The normalized spacial score (nSPS) is 18.9. The molecule has 0 amide bonds. The molecule has 2 rings (SSSR count). The molecule has 0 aliphatic carbocycles. The maximum Gasteiger partial charge on any atom is 0.326 e. The van der Waals surface area contributed by atoms with Gasteiger partial charge < -0.3 is 10.4 Å². The van der Waals surface area contributed by atoms with Gasteiger partial charge in [-0.3, -0.25) is 0 Å². The van der Waals surface area contributed by atoms with E-state index in [1.165, 1.54) is 11.1 Å². The Morgan fingerprint density at radius 3 is 2.86 bits per heavy atom. The van der Waals surface area contributed by atoms with Crippen molar-refractivity contribution in [2.75, 3.05) is 5.32 Å². The molecule has 1 aromatic rings. The minimum Gasteiger partial charge on any atom is -0.480 e. The number of nitrogens with one attached hydrogen (secondary N) is 1. The molecular formula is C11H13NO2. The lowest BCUT2D eigenvalue weighted by molar-refractivity contribution is -0.137. The van der Waals surface area contributed by atoms with Crippen molar-refractivity contribution in [3.63, 3.8) is 0 Å². The molecule has 1 atom stereocenters. The second-order valence-electron chi connectivity index (χ2n) is 3.77. The van der Waals surface area contributed by atoms with Gasteiger partial charge in [0.15, 0.2) is 0 Å². The lowest BCUT2D eigenvalue weighted by Gasteiger charge is -2.05. The van der Waals surface area contributed by atoms with Gasteiger partial charge in [-0.05, 0) is 36.6 Å². The summed E-state index contributed by atoms with van der Waals surface area (Å²) in [5, 5.41) is 11.9. The van der Waals surface area contributed by atoms with Gasteiger partial charge in [0, 0.05) is 12.1 Å². The van der Waals surface area contributed by atoms with Crippen LogP contribution in [0.25, 0.3) is 0 Å². The van der Waals surface area contributed by atoms with Crippen LogP contribution in [0.2, 0.25) is 0 Å². The van der Waals surface area contributed by atoms with E-state index < -0.39 is 12.0 Å². The van der Waals surface area contributed by atoms with Crippen LogP contribution in [-0.4, -0.2) is 17.1 Å². The highest BCUT2D eigenvalue weighted by Gasteiger charge is 2.27. The average molecular weight is 191 g/mol. The molecule has 74 valence electrons. The second-order valence-corrected chi connectivity index (χ2v) is 3.77. The molecule has 1 aliphatic heterocycles. The summed E-state index contributed by atoms with van der Waals surface area (Å²) >= 11 is 0. The molecule has 1 unspecified atom stereocenters. The topological polar surface area (TPSA) is 49.3 Å². The summed E-state index contributed by atoms with van der Waals surface area (Å²) in [5.41, 5.74) is 4.55. The number of carboxylic acid groups (broad SMARTS) is 1. The van der Waals surface area contributed by atoms with Gasteiger partial charge in [-0.15, -0.1) is 0 Å². The van der Waals surface area contributed by atoms with Gasteiger partial charge in [0.2, 0.25) is 0 Å². The monoisotopic (exact) mass is 191 g/mol. The third-order valence-electron chi connectivity index (χ3n) is 2.91. The third-order valence-corrected chi connectivity index (χ3v) is 2.91. The predicted molar refractivity (Wildman–Crippen MR) is 54.7 cm³/mol. The van der Waals surface area contributed by atoms with Crippen molar-refractivity contribution in [3.05, 3.63) is 28.8 Å². The van der Waals surface area contributed by atoms with Gasteiger partial charge in [0.1, 0.15) is 6.04 Å². The second kappa shape index (κ2) is 3.01. The van der Waals surface area contributed by atoms with Crippen molar-refractivity contribution < 1.29 is 9.90 Å². The number of carboxylic acids is 1. The number of fused-ring (bicyclic) bond motifs is 1. The predicted octanol–water partition coefficient (Wildman–Crippen LogP) is 1.72. The van der Waals surface area contributed by atoms with E-state index >= 15 is 0 Å². The van der Waals surface area contributed by atoms with Crippen LogP contribution >= 0.6 is 0 Å². The number of aliphatic carboxylic acids is 1. The number of benzene rings is 1. The Morgan fingerprint density at radius 1 is 1.50 bits per heavy atom. The number of aryl methyl sites for hydroxylation is 1. The first-order chi connectivity index (χ1) is 6.59. The molecule has 0 saturated carbocycles. The molecule has 2 N–H and O–H groups in total. The fraction of sp³-hybridized carbons (Fsp3) is 0.364. The zero-order valence-corrected chi connectivity index (χ0v) is 8.29. The number of carbonyl (C=O) groups is 1. The summed E-state index contributed by atoms with van der Waals surface area (Å²) in [6, 6.07) is 3.52. The Bertz CT molecular complexity index is 399. The van der Waals surface area contributed by atoms with Crippen LogP contribution in [0.5, 0.6) is 0 Å². The number of anilines is 1. The minimum atomic E-state index is -0.779. The lowest BCUT2D eigenvalue weighted by Crippen LogP contribution is -2.26. The Kier molecular flexibility index (Phi) is 1.95. The minimum absolute atomic E-state index is 0.453. The molecule has 0 aromatic heterocycles. The molecule has 0 saturated heterocycles. The number of hydrogen-bond acceptors (Lipinski definition) is 2. The third kappa shape index (κ3) is 1.25. The van der Waals surface area contributed by atoms with Gasteiger partial charge in [0.25, 0.3) is 0 Å². The van der Waals surface area contributed by atoms with Crippen molar-refractivity contribution in [2.24, 2.45) is 0 Å². The van der Waals surface area contributed by atoms with E-state index in [0.29, 0.717) is 6.42 Å². The zero-order chi connectivity index (χ0) is 10.3. The summed E-state index contributed by atoms with van der Waals surface area (Å²) in [6.45, 7) is 4.09. The molecule has 0 bridgehead atoms. The summed E-state index contributed by atoms with van der Waals surface area (Å²) in [4.78, 5) is 10.8. The van der Waals surface area contributed by atoms with Crippen LogP contribution in [0.3, 0.4) is 0 Å². The van der Waals surface area contributed by atoms with Crippen LogP contribution in [0.1, 0.15) is 16.7 Å². The van der Waals surface area contributed by atoms with Crippen molar-refractivity contribution in [1.29, 1.82) is 0 Å². The van der Waals surface area contributed by atoms with E-state index in [4.69, 9.17) is 5.11 Å². The van der Waals surface area contributed by atoms with Gasteiger partial charge in [0.05, 0.1) is 0 Å². The highest BCUT2D eigenvalue weighted by Crippen LogP contribution is 2.30. The fourth-order valence-electron chi connectivity index (χ4n) is 1.86. The van der Waals surface area contributed by atoms with Gasteiger partial charge in [-0.1, -0.05) is 6.07 Å². The van der Waals surface area contributed by atoms with Gasteiger partial charge in [-0.25, -0.2) is 4.79 Å². The highest BCUT2D eigenvalue weighted by molar-refractivity contribution is 5.81. The molecule has 0 fully saturated rings. The number of rotatable bonds is 1. The number of hydrogen-bond donors (Lipinski definition) is 2. The molecule has 14 heavy (non-hydrogen) atoms. The van der Waals surface area contributed by atoms with Crippen molar-refractivity contribution in [3.8, 4) is 0 Å². The van der Waals surface area contributed by atoms with Crippen LogP contribution in [-0.2, 0) is 11.2 Å². The Balaban J connectivity index is 2.40. The average Bonchev–Trinajstić information content (AvgIpc) is 2.56. The molecule has 1 aliphatic rings. The smallest absolute Gasteiger partial charge is 0.326 e. The van der Waals surface area contributed by atoms with Crippen LogP contribution in [0.15, 0.2) is 12.1 Å². The molecule has 3 nitrogen and oxygen atoms in total. The van der Waals surface area contributed by atoms with Gasteiger partial charge in [-0.2, -0.15) is 0 Å². The molecule has 3 heteroatoms. The van der Waals surface area contributed by atoms with Crippen LogP contribution < -0.4 is 5.32 Å². The van der Waals surface area contributed by atoms with E-state index in [0.717, 1.165) is 11.3 Å². The molecule has 0 radical (unpaired) electrons. The van der Waals surface area contributed by atoms with Crippen molar-refractivity contribution in [2.45, 2.75) is 26.3 Å². The highest BCUT2D eigenvalue weighted by atomic mass is 16.4. The van der Waals surface area contributed by atoms with Crippen LogP contribution in [0, 0.1) is 13.8 Å². The first-order valence-corrected chi connectivity index (χ1v) is 4.68. The van der Waals surface area contributed by atoms with E-state index in [-0.39, 0.29) is 0 Å². The van der Waals surface area contributed by atoms with E-state index in [1.807, 2.05) is 26.0 Å². The van der Waals surface area contributed by atoms with Crippen molar-refractivity contribution in [1.82, 2.24) is 0 Å². The van der Waals surface area contributed by atoms with Gasteiger partial charge >= 0.3 is 5.97 Å². The first-order valence-electron chi connectivity index (χ1n) is 4.68. The molecular weight excluding hydrogens is 178 g/mol. The maximum atomic E-state index is 10.8. The first kappa shape index (κ1) is 9.06. The lowest BCUT2D eigenvalue weighted by atomic mass is 10.00. The molecule has 1 aromatic carbocycles. The Morgan fingerprint density at radius 2 is 2.21 bits per heavy atom. The Labute approximate surface area is 82.8 Å². The summed E-state index contributed by atoms with van der Waals surface area (Å²) < 4.78 is 0. The van der Waals surface area contributed by atoms with E-state index in [9.17, 15) is 4.79 Å².